The molecule has 1 aliphatic heterocycles. The number of carbonyl (C=O) groups is 1. The average molecular weight is 188 g/mol. The second-order valence-electron chi connectivity index (χ2n) is 3.10. The number of fused-ring (bicyclic) bond motifs is 1. The molecular weight excluding hydrogens is 180 g/mol. The third kappa shape index (κ3) is 1.53. The Morgan fingerprint density at radius 3 is 3.07 bits per heavy atom. The second-order valence-corrected chi connectivity index (χ2v) is 3.10. The fourth-order valence-corrected chi connectivity index (χ4v) is 1.49. The number of benzene rings is 1. The summed E-state index contributed by atoms with van der Waals surface area (Å²) in [5.74, 6) is 0.0361. The Morgan fingerprint density at radius 2 is 2.29 bits per heavy atom. The van der Waals surface area contributed by atoms with Gasteiger partial charge in [0.2, 0.25) is 5.91 Å². The lowest BCUT2D eigenvalue weighted by Crippen LogP contribution is -2.30. The monoisotopic (exact) mass is 188 g/mol. The predicted octanol–water partition coefficient (Wildman–Crippen LogP) is 1.80. The summed E-state index contributed by atoms with van der Waals surface area (Å²) in [6.07, 6.45) is 0.409. The van der Waals surface area contributed by atoms with Gasteiger partial charge in [0.25, 0.3) is 0 Å². The van der Waals surface area contributed by atoms with Gasteiger partial charge in [-0.2, -0.15) is 0 Å². The molecule has 1 aromatic rings. The van der Waals surface area contributed by atoms with Gasteiger partial charge in [-0.25, -0.2) is 0 Å². The Kier molecular flexibility index (Phi) is 2.08. The molecule has 0 spiro atoms. The van der Waals surface area contributed by atoms with E-state index in [1.165, 1.54) is 0 Å². The van der Waals surface area contributed by atoms with Crippen molar-refractivity contribution in [3.63, 3.8) is 0 Å². The molecule has 5 nitrogen and oxygen atoms in total. The zero-order valence-corrected chi connectivity index (χ0v) is 7.40. The lowest BCUT2D eigenvalue weighted by atomic mass is 10.0. The van der Waals surface area contributed by atoms with Crippen molar-refractivity contribution < 1.29 is 4.79 Å². The van der Waals surface area contributed by atoms with Crippen LogP contribution in [0.5, 0.6) is 0 Å². The van der Waals surface area contributed by atoms with Crippen molar-refractivity contribution in [3.05, 3.63) is 39.8 Å². The van der Waals surface area contributed by atoms with Gasteiger partial charge in [-0.1, -0.05) is 17.2 Å². The Labute approximate surface area is 80.4 Å². The summed E-state index contributed by atoms with van der Waals surface area (Å²) < 4.78 is 0. The summed E-state index contributed by atoms with van der Waals surface area (Å²) in [4.78, 5) is 13.8. The maximum atomic E-state index is 11.0. The maximum Gasteiger partial charge on any atom is 0.224 e. The van der Waals surface area contributed by atoms with E-state index in [9.17, 15) is 4.79 Å². The number of carbonyl (C=O) groups excluding carboxylic acids is 1. The van der Waals surface area contributed by atoms with E-state index in [0.717, 1.165) is 11.1 Å². The number of nitrogens with zero attached hydrogens (tertiary/aromatic N) is 3. The summed E-state index contributed by atoms with van der Waals surface area (Å²) in [6, 6.07) is 5.35. The molecule has 0 bridgehead atoms. The molecule has 0 atom stereocenters. The molecule has 0 fully saturated rings. The minimum Gasteiger partial charge on any atom is -0.352 e. The van der Waals surface area contributed by atoms with Crippen LogP contribution in [0.3, 0.4) is 0 Å². The number of rotatable bonds is 1. The molecule has 1 aromatic carbocycles. The normalized spacial score (nSPS) is 13.9. The molecule has 0 aliphatic carbocycles. The van der Waals surface area contributed by atoms with Gasteiger partial charge in [0.1, 0.15) is 0 Å². The van der Waals surface area contributed by atoms with Crippen molar-refractivity contribution >= 4 is 11.6 Å². The molecule has 2 rings (SSSR count). The lowest BCUT2D eigenvalue weighted by molar-refractivity contribution is -0.121. The van der Waals surface area contributed by atoms with Gasteiger partial charge in [-0.3, -0.25) is 4.79 Å². The second kappa shape index (κ2) is 3.40. The van der Waals surface area contributed by atoms with Gasteiger partial charge in [-0.15, -0.1) is 0 Å². The van der Waals surface area contributed by atoms with Gasteiger partial charge in [0, 0.05) is 17.1 Å². The molecule has 14 heavy (non-hydrogen) atoms. The third-order valence-electron chi connectivity index (χ3n) is 2.18. The van der Waals surface area contributed by atoms with Crippen LogP contribution in [0.1, 0.15) is 11.1 Å². The number of amides is 1. The Morgan fingerprint density at radius 1 is 1.43 bits per heavy atom. The Hall–Kier alpha value is -2.00. The zero-order valence-electron chi connectivity index (χ0n) is 7.40. The van der Waals surface area contributed by atoms with Crippen LogP contribution in [-0.4, -0.2) is 5.91 Å². The van der Waals surface area contributed by atoms with Gasteiger partial charge in [-0.05, 0) is 22.7 Å². The molecule has 0 saturated carbocycles. The van der Waals surface area contributed by atoms with Crippen LogP contribution in [0.2, 0.25) is 0 Å². The van der Waals surface area contributed by atoms with Crippen molar-refractivity contribution in [2.45, 2.75) is 13.0 Å². The first kappa shape index (κ1) is 8.59. The highest BCUT2D eigenvalue weighted by Crippen LogP contribution is 2.21. The molecule has 1 N–H and O–H groups in total. The number of hydrogen-bond donors (Lipinski definition) is 1. The van der Waals surface area contributed by atoms with E-state index in [2.05, 4.69) is 15.3 Å². The fourth-order valence-electron chi connectivity index (χ4n) is 1.49. The number of nitrogens with one attached hydrogen (secondary N) is 1. The fraction of sp³-hybridized carbons (Fsp3) is 0.222. The van der Waals surface area contributed by atoms with Crippen LogP contribution in [0.15, 0.2) is 23.3 Å². The van der Waals surface area contributed by atoms with Crippen molar-refractivity contribution in [2.24, 2.45) is 5.11 Å². The van der Waals surface area contributed by atoms with Crippen molar-refractivity contribution in [1.82, 2.24) is 5.32 Å². The summed E-state index contributed by atoms with van der Waals surface area (Å²) in [5.41, 5.74) is 10.9. The van der Waals surface area contributed by atoms with Crippen LogP contribution in [0.25, 0.3) is 10.4 Å². The highest BCUT2D eigenvalue weighted by Gasteiger charge is 2.14. The highest BCUT2D eigenvalue weighted by atomic mass is 16.1. The topological polar surface area (TPSA) is 77.9 Å². The molecule has 0 aromatic heterocycles. The molecule has 1 heterocycles. The van der Waals surface area contributed by atoms with Crippen molar-refractivity contribution in [2.75, 3.05) is 0 Å². The van der Waals surface area contributed by atoms with E-state index >= 15 is 0 Å². The standard InChI is InChI=1S/C9H8N4O/c10-13-12-8-2-1-6-4-9(14)11-5-7(6)3-8/h1-3H,4-5H2,(H,11,14). The van der Waals surface area contributed by atoms with E-state index in [0.29, 0.717) is 18.7 Å². The largest absolute Gasteiger partial charge is 0.352 e. The summed E-state index contributed by atoms with van der Waals surface area (Å²) >= 11 is 0. The third-order valence-corrected chi connectivity index (χ3v) is 2.18. The van der Waals surface area contributed by atoms with Gasteiger partial charge in [0.15, 0.2) is 0 Å². The van der Waals surface area contributed by atoms with Crippen LogP contribution in [0.4, 0.5) is 5.69 Å². The molecule has 70 valence electrons. The molecule has 0 unspecified atom stereocenters. The van der Waals surface area contributed by atoms with Crippen LogP contribution in [-0.2, 0) is 17.8 Å². The first-order valence-electron chi connectivity index (χ1n) is 4.23. The van der Waals surface area contributed by atoms with Gasteiger partial charge in [0.05, 0.1) is 6.42 Å². The molecule has 0 saturated heterocycles. The van der Waals surface area contributed by atoms with E-state index < -0.39 is 0 Å². The van der Waals surface area contributed by atoms with Gasteiger partial charge < -0.3 is 5.32 Å². The molecule has 1 aliphatic rings. The van der Waals surface area contributed by atoms with Crippen LogP contribution in [0, 0.1) is 0 Å². The van der Waals surface area contributed by atoms with Crippen LogP contribution >= 0.6 is 0 Å². The van der Waals surface area contributed by atoms with Crippen molar-refractivity contribution in [3.8, 4) is 0 Å². The molecule has 0 radical (unpaired) electrons. The average Bonchev–Trinajstić information content (AvgIpc) is 2.19. The summed E-state index contributed by atoms with van der Waals surface area (Å²) in [5, 5.41) is 6.24. The number of azide groups is 1. The lowest BCUT2D eigenvalue weighted by Gasteiger charge is -2.16. The minimum absolute atomic E-state index is 0.0361. The van der Waals surface area contributed by atoms with E-state index in [1.807, 2.05) is 6.07 Å². The molecular formula is C9H8N4O. The van der Waals surface area contributed by atoms with Gasteiger partial charge >= 0.3 is 0 Å². The van der Waals surface area contributed by atoms with E-state index in [1.54, 1.807) is 12.1 Å². The zero-order chi connectivity index (χ0) is 9.97. The smallest absolute Gasteiger partial charge is 0.224 e. The summed E-state index contributed by atoms with van der Waals surface area (Å²) in [7, 11) is 0. The first-order valence-corrected chi connectivity index (χ1v) is 4.23. The predicted molar refractivity (Wildman–Crippen MR) is 50.8 cm³/mol. The maximum absolute atomic E-state index is 11.0. The Balaban J connectivity index is 2.40. The van der Waals surface area contributed by atoms with E-state index in [-0.39, 0.29) is 5.91 Å². The number of hydrogen-bond acceptors (Lipinski definition) is 2. The van der Waals surface area contributed by atoms with Crippen molar-refractivity contribution in [1.29, 1.82) is 0 Å². The summed E-state index contributed by atoms with van der Waals surface area (Å²) in [6.45, 7) is 0.517. The molecule has 1 amide bonds. The Bertz CT molecular complexity index is 434. The first-order chi connectivity index (χ1) is 6.79. The highest BCUT2D eigenvalue weighted by molar-refractivity contribution is 5.80. The quantitative estimate of drug-likeness (QED) is 0.407. The minimum atomic E-state index is 0.0361. The SMILES string of the molecule is [N-]=[N+]=Nc1ccc2c(c1)CNC(=O)C2. The molecule has 5 heteroatoms. The van der Waals surface area contributed by atoms with Crippen LogP contribution < -0.4 is 5.32 Å². The van der Waals surface area contributed by atoms with E-state index in [4.69, 9.17) is 5.53 Å².